The highest BCUT2D eigenvalue weighted by Crippen LogP contribution is 2.35. The topological polar surface area (TPSA) is 153 Å². The lowest BCUT2D eigenvalue weighted by molar-refractivity contribution is -0.0523. The van der Waals surface area contributed by atoms with Crippen molar-refractivity contribution in [2.75, 3.05) is 0 Å². The largest absolute Gasteiger partial charge is 0.438 e. The van der Waals surface area contributed by atoms with Crippen LogP contribution in [0.3, 0.4) is 0 Å². The van der Waals surface area contributed by atoms with E-state index in [1.165, 1.54) is 12.1 Å². The number of primary amides is 1. The fraction of sp³-hybridized carbons (Fsp3) is 0.0588. The van der Waals surface area contributed by atoms with Crippen molar-refractivity contribution in [3.05, 3.63) is 60.5 Å². The number of hydrogen-bond donors (Lipinski definition) is 3. The molecule has 0 spiro atoms. The molecule has 0 bridgehead atoms. The minimum atomic E-state index is -4.02. The van der Waals surface area contributed by atoms with E-state index in [-0.39, 0.29) is 32.9 Å². The summed E-state index contributed by atoms with van der Waals surface area (Å²) in [5, 5.41) is 15.1. The average Bonchev–Trinajstić information content (AvgIpc) is 3.05. The molecule has 0 aliphatic carbocycles. The quantitative estimate of drug-likeness (QED) is 0.448. The van der Waals surface area contributed by atoms with Crippen LogP contribution < -0.4 is 10.9 Å². The van der Waals surface area contributed by atoms with Gasteiger partial charge in [0.05, 0.1) is 4.90 Å². The second kappa shape index (κ2) is 7.19. The number of rotatable bonds is 5. The Bertz CT molecular complexity index is 1080. The van der Waals surface area contributed by atoms with E-state index in [1.54, 1.807) is 42.5 Å². The molecular formula is C17H16N4O5S. The maximum atomic E-state index is 12.0. The summed E-state index contributed by atoms with van der Waals surface area (Å²) in [5.74, 6) is 0.231. The van der Waals surface area contributed by atoms with Crippen molar-refractivity contribution in [3.63, 3.8) is 0 Å². The number of benzene rings is 2. The molecule has 0 aliphatic heterocycles. The van der Waals surface area contributed by atoms with Crippen LogP contribution in [0.1, 0.15) is 5.89 Å². The Labute approximate surface area is 154 Å². The molecule has 3 aromatic rings. The van der Waals surface area contributed by atoms with Gasteiger partial charge in [-0.15, -0.1) is 0 Å². The summed E-state index contributed by atoms with van der Waals surface area (Å²) in [6.45, 7) is -0.410. The third-order valence-electron chi connectivity index (χ3n) is 3.70. The molecule has 0 unspecified atom stereocenters. The number of nitrogens with two attached hydrogens (primary N) is 2. The summed E-state index contributed by atoms with van der Waals surface area (Å²) in [6.07, 6.45) is 0. The molecule has 1 aromatic heterocycles. The van der Waals surface area contributed by atoms with Crippen molar-refractivity contribution >= 4 is 16.1 Å². The number of amides is 2. The SMILES string of the molecule is NC(=O)N(O)Cc1nc(-c2ccccc2S(N)(=O)=O)c(-c2ccccc2)o1. The van der Waals surface area contributed by atoms with Crippen molar-refractivity contribution < 1.29 is 22.8 Å². The van der Waals surface area contributed by atoms with Gasteiger partial charge in [-0.25, -0.2) is 23.3 Å². The molecule has 0 saturated heterocycles. The first-order valence-corrected chi connectivity index (χ1v) is 9.25. The van der Waals surface area contributed by atoms with Crippen molar-refractivity contribution in [2.24, 2.45) is 10.9 Å². The Morgan fingerprint density at radius 1 is 1.11 bits per heavy atom. The van der Waals surface area contributed by atoms with Gasteiger partial charge in [-0.3, -0.25) is 5.21 Å². The van der Waals surface area contributed by atoms with E-state index in [9.17, 15) is 18.4 Å². The van der Waals surface area contributed by atoms with Crippen LogP contribution in [0.25, 0.3) is 22.6 Å². The van der Waals surface area contributed by atoms with Gasteiger partial charge in [0.15, 0.2) is 5.76 Å². The molecule has 3 rings (SSSR count). The number of carbonyl (C=O) groups is 1. The van der Waals surface area contributed by atoms with Crippen LogP contribution in [-0.2, 0) is 16.6 Å². The lowest BCUT2D eigenvalue weighted by atomic mass is 10.1. The summed E-state index contributed by atoms with van der Waals surface area (Å²) < 4.78 is 29.6. The highest BCUT2D eigenvalue weighted by molar-refractivity contribution is 7.89. The Hall–Kier alpha value is -3.21. The van der Waals surface area contributed by atoms with Gasteiger partial charge < -0.3 is 10.2 Å². The highest BCUT2D eigenvalue weighted by atomic mass is 32.2. The molecule has 2 amide bonds. The van der Waals surface area contributed by atoms with Crippen LogP contribution in [0.15, 0.2) is 63.9 Å². The first-order valence-electron chi connectivity index (χ1n) is 7.70. The van der Waals surface area contributed by atoms with Crippen LogP contribution in [0.2, 0.25) is 0 Å². The van der Waals surface area contributed by atoms with Gasteiger partial charge in [-0.1, -0.05) is 48.5 Å². The number of hydrogen-bond acceptors (Lipinski definition) is 6. The molecule has 0 fully saturated rings. The lowest BCUT2D eigenvalue weighted by Crippen LogP contribution is -2.32. The van der Waals surface area contributed by atoms with Crippen molar-refractivity contribution in [1.29, 1.82) is 0 Å². The Morgan fingerprint density at radius 2 is 1.74 bits per heavy atom. The first kappa shape index (κ1) is 18.6. The predicted molar refractivity (Wildman–Crippen MR) is 95.7 cm³/mol. The molecule has 1 heterocycles. The third kappa shape index (κ3) is 3.97. The number of oxazole rings is 1. The normalized spacial score (nSPS) is 11.3. The third-order valence-corrected chi connectivity index (χ3v) is 4.66. The summed E-state index contributed by atoms with van der Waals surface area (Å²) >= 11 is 0. The molecule has 0 radical (unpaired) electrons. The van der Waals surface area contributed by atoms with Crippen LogP contribution >= 0.6 is 0 Å². The Balaban J connectivity index is 2.20. The van der Waals surface area contributed by atoms with Gasteiger partial charge >= 0.3 is 6.03 Å². The second-order valence-electron chi connectivity index (χ2n) is 5.59. The van der Waals surface area contributed by atoms with Crippen molar-refractivity contribution in [2.45, 2.75) is 11.4 Å². The van der Waals surface area contributed by atoms with E-state index in [4.69, 9.17) is 15.3 Å². The van der Waals surface area contributed by atoms with Gasteiger partial charge in [0.25, 0.3) is 0 Å². The summed E-state index contributed by atoms with van der Waals surface area (Å²) in [5.41, 5.74) is 6.07. The average molecular weight is 388 g/mol. The predicted octanol–water partition coefficient (Wildman–Crippen LogP) is 1.93. The zero-order valence-corrected chi connectivity index (χ0v) is 14.8. The van der Waals surface area contributed by atoms with Crippen molar-refractivity contribution in [3.8, 4) is 22.6 Å². The molecule has 27 heavy (non-hydrogen) atoms. The van der Waals surface area contributed by atoms with Gasteiger partial charge in [0.1, 0.15) is 12.2 Å². The molecule has 5 N–H and O–H groups in total. The molecule has 2 aromatic carbocycles. The minimum absolute atomic E-state index is 0.0330. The van der Waals surface area contributed by atoms with Gasteiger partial charge in [0, 0.05) is 11.1 Å². The summed E-state index contributed by atoms with van der Waals surface area (Å²) in [6, 6.07) is 13.8. The number of primary sulfonamides is 1. The van der Waals surface area contributed by atoms with Crippen LogP contribution in [0.5, 0.6) is 0 Å². The molecule has 0 atom stereocenters. The second-order valence-corrected chi connectivity index (χ2v) is 7.12. The maximum absolute atomic E-state index is 12.0. The molecule has 10 heteroatoms. The standard InChI is InChI=1S/C17H16N4O5S/c18-17(22)21(23)10-14-20-15(16(26-14)11-6-2-1-3-7-11)12-8-4-5-9-13(12)27(19,24)25/h1-9,23H,10H2,(H2,18,22)(H2,19,24,25). The molecule has 0 saturated carbocycles. The van der Waals surface area contributed by atoms with E-state index < -0.39 is 22.6 Å². The molecule has 0 aliphatic rings. The number of aromatic nitrogens is 1. The van der Waals surface area contributed by atoms with E-state index >= 15 is 0 Å². The Morgan fingerprint density at radius 3 is 2.37 bits per heavy atom. The number of carbonyl (C=O) groups excluding carboxylic acids is 1. The fourth-order valence-corrected chi connectivity index (χ4v) is 3.26. The van der Waals surface area contributed by atoms with Crippen LogP contribution in [0, 0.1) is 0 Å². The molecular weight excluding hydrogens is 372 g/mol. The van der Waals surface area contributed by atoms with Crippen LogP contribution in [0.4, 0.5) is 4.79 Å². The minimum Gasteiger partial charge on any atom is -0.438 e. The van der Waals surface area contributed by atoms with E-state index in [1.807, 2.05) is 0 Å². The number of sulfonamides is 1. The van der Waals surface area contributed by atoms with Gasteiger partial charge in [-0.05, 0) is 6.07 Å². The first-order chi connectivity index (χ1) is 12.8. The summed E-state index contributed by atoms with van der Waals surface area (Å²) in [4.78, 5) is 15.2. The number of hydroxylamine groups is 2. The lowest BCUT2D eigenvalue weighted by Gasteiger charge is -2.08. The molecule has 9 nitrogen and oxygen atoms in total. The number of nitrogens with zero attached hydrogens (tertiary/aromatic N) is 2. The summed E-state index contributed by atoms with van der Waals surface area (Å²) in [7, 11) is -4.02. The monoisotopic (exact) mass is 388 g/mol. The molecule has 140 valence electrons. The van der Waals surface area contributed by atoms with Crippen LogP contribution in [-0.4, -0.2) is 29.7 Å². The van der Waals surface area contributed by atoms with E-state index in [0.29, 0.717) is 5.56 Å². The highest BCUT2D eigenvalue weighted by Gasteiger charge is 2.24. The van der Waals surface area contributed by atoms with Gasteiger partial charge in [0.2, 0.25) is 15.9 Å². The smallest absolute Gasteiger partial charge is 0.339 e. The van der Waals surface area contributed by atoms with E-state index in [0.717, 1.165) is 0 Å². The Kier molecular flexibility index (Phi) is 4.95. The maximum Gasteiger partial charge on any atom is 0.339 e. The zero-order chi connectivity index (χ0) is 19.6. The van der Waals surface area contributed by atoms with E-state index in [2.05, 4.69) is 4.98 Å². The number of urea groups is 1. The van der Waals surface area contributed by atoms with Crippen molar-refractivity contribution in [1.82, 2.24) is 10.0 Å². The fourth-order valence-electron chi connectivity index (χ4n) is 2.52. The zero-order valence-electron chi connectivity index (χ0n) is 13.9. The van der Waals surface area contributed by atoms with Gasteiger partial charge in [-0.2, -0.15) is 5.06 Å².